The Kier molecular flexibility index (Phi) is 3.19. The average Bonchev–Trinajstić information content (AvgIpc) is 2.77. The molecular formula is C11H14BrN3OS. The molecule has 0 saturated carbocycles. The first-order valence-corrected chi connectivity index (χ1v) is 7.48. The number of amides is 1. The summed E-state index contributed by atoms with van der Waals surface area (Å²) in [4.78, 5) is 18.5. The third kappa shape index (κ3) is 2.39. The Morgan fingerprint density at radius 1 is 1.53 bits per heavy atom. The highest BCUT2D eigenvalue weighted by molar-refractivity contribution is 9.11. The van der Waals surface area contributed by atoms with Gasteiger partial charge in [-0.25, -0.2) is 4.98 Å². The van der Waals surface area contributed by atoms with E-state index in [2.05, 4.69) is 31.1 Å². The number of nitrogens with zero attached hydrogens (tertiary/aromatic N) is 2. The number of halogens is 1. The topological polar surface area (TPSA) is 45.2 Å². The van der Waals surface area contributed by atoms with Crippen LogP contribution in [0.3, 0.4) is 0 Å². The van der Waals surface area contributed by atoms with Gasteiger partial charge < -0.3 is 10.2 Å². The lowest BCUT2D eigenvalue weighted by Gasteiger charge is -2.44. The molecule has 3 aliphatic rings. The second-order valence-electron chi connectivity index (χ2n) is 4.69. The number of piperidine rings is 3. The van der Waals surface area contributed by atoms with Crippen molar-refractivity contribution in [1.29, 1.82) is 0 Å². The fourth-order valence-electron chi connectivity index (χ4n) is 2.72. The molecule has 1 amide bonds. The minimum absolute atomic E-state index is 0.0283. The number of carbonyl (C=O) groups excluding carboxylic acids is 1. The molecular weight excluding hydrogens is 302 g/mol. The van der Waals surface area contributed by atoms with Crippen molar-refractivity contribution in [3.63, 3.8) is 0 Å². The molecule has 92 valence electrons. The van der Waals surface area contributed by atoms with Crippen molar-refractivity contribution < 1.29 is 4.79 Å². The molecule has 1 atom stereocenters. The molecule has 0 spiro atoms. The van der Waals surface area contributed by atoms with E-state index in [1.807, 2.05) is 0 Å². The SMILES string of the molecule is O=C(N[C@H]1CN2CCC1CC2)c1ncc(Br)s1. The minimum atomic E-state index is -0.0283. The molecule has 4 rings (SSSR count). The summed E-state index contributed by atoms with van der Waals surface area (Å²) in [5.41, 5.74) is 0. The molecule has 3 aliphatic heterocycles. The van der Waals surface area contributed by atoms with Gasteiger partial charge in [-0.15, -0.1) is 11.3 Å². The van der Waals surface area contributed by atoms with Crippen LogP contribution in [0.5, 0.6) is 0 Å². The van der Waals surface area contributed by atoms with Gasteiger partial charge >= 0.3 is 0 Å². The van der Waals surface area contributed by atoms with Gasteiger partial charge in [0, 0.05) is 12.6 Å². The van der Waals surface area contributed by atoms with Crippen molar-refractivity contribution >= 4 is 33.2 Å². The number of carbonyl (C=O) groups is 1. The van der Waals surface area contributed by atoms with Crippen molar-refractivity contribution in [1.82, 2.24) is 15.2 Å². The number of hydrogen-bond acceptors (Lipinski definition) is 4. The Balaban J connectivity index is 1.65. The Morgan fingerprint density at radius 3 is 2.82 bits per heavy atom. The lowest BCUT2D eigenvalue weighted by molar-refractivity contribution is 0.0620. The van der Waals surface area contributed by atoms with E-state index in [0.717, 1.165) is 10.3 Å². The van der Waals surface area contributed by atoms with Crippen LogP contribution in [0.1, 0.15) is 22.6 Å². The zero-order chi connectivity index (χ0) is 11.8. The van der Waals surface area contributed by atoms with Crippen molar-refractivity contribution in [3.8, 4) is 0 Å². The van der Waals surface area contributed by atoms with E-state index in [0.29, 0.717) is 17.0 Å². The van der Waals surface area contributed by atoms with Crippen LogP contribution >= 0.6 is 27.3 Å². The van der Waals surface area contributed by atoms with E-state index in [1.54, 1.807) is 6.20 Å². The summed E-state index contributed by atoms with van der Waals surface area (Å²) in [6, 6.07) is 0.313. The number of nitrogens with one attached hydrogen (secondary N) is 1. The Bertz CT molecular complexity index is 428. The molecule has 4 heterocycles. The number of fused-ring (bicyclic) bond motifs is 3. The van der Waals surface area contributed by atoms with Crippen LogP contribution in [0.25, 0.3) is 0 Å². The Labute approximate surface area is 113 Å². The number of rotatable bonds is 2. The van der Waals surface area contributed by atoms with Crippen LogP contribution in [0.2, 0.25) is 0 Å². The van der Waals surface area contributed by atoms with Gasteiger partial charge in [0.1, 0.15) is 0 Å². The lowest BCUT2D eigenvalue weighted by Crippen LogP contribution is -2.57. The van der Waals surface area contributed by atoms with Crippen molar-refractivity contribution in [2.24, 2.45) is 5.92 Å². The third-order valence-electron chi connectivity index (χ3n) is 3.64. The van der Waals surface area contributed by atoms with Crippen LogP contribution in [-0.2, 0) is 0 Å². The van der Waals surface area contributed by atoms with E-state index in [-0.39, 0.29) is 5.91 Å². The minimum Gasteiger partial charge on any atom is -0.346 e. The van der Waals surface area contributed by atoms with E-state index in [1.165, 1.54) is 37.3 Å². The Hall–Kier alpha value is -0.460. The van der Waals surface area contributed by atoms with Gasteiger partial charge in [0.25, 0.3) is 5.91 Å². The summed E-state index contributed by atoms with van der Waals surface area (Å²) in [5.74, 6) is 0.631. The zero-order valence-electron chi connectivity index (χ0n) is 9.36. The number of aromatic nitrogens is 1. The fraction of sp³-hybridized carbons (Fsp3) is 0.636. The highest BCUT2D eigenvalue weighted by Gasteiger charge is 2.35. The highest BCUT2D eigenvalue weighted by Crippen LogP contribution is 2.28. The maximum Gasteiger partial charge on any atom is 0.280 e. The number of thiazole rings is 1. The lowest BCUT2D eigenvalue weighted by atomic mass is 9.84. The summed E-state index contributed by atoms with van der Waals surface area (Å²) in [6.45, 7) is 3.39. The molecule has 0 aromatic carbocycles. The molecule has 3 saturated heterocycles. The summed E-state index contributed by atoms with van der Waals surface area (Å²) >= 11 is 4.71. The molecule has 17 heavy (non-hydrogen) atoms. The Morgan fingerprint density at radius 2 is 2.29 bits per heavy atom. The molecule has 4 nitrogen and oxygen atoms in total. The smallest absolute Gasteiger partial charge is 0.280 e. The monoisotopic (exact) mass is 315 g/mol. The van der Waals surface area contributed by atoms with Crippen molar-refractivity contribution in [3.05, 3.63) is 15.0 Å². The summed E-state index contributed by atoms with van der Waals surface area (Å²) in [6.07, 6.45) is 4.11. The molecule has 0 aliphatic carbocycles. The molecule has 3 fully saturated rings. The molecule has 2 bridgehead atoms. The summed E-state index contributed by atoms with van der Waals surface area (Å²) < 4.78 is 0.900. The summed E-state index contributed by atoms with van der Waals surface area (Å²) in [5, 5.41) is 3.68. The van der Waals surface area contributed by atoms with Crippen molar-refractivity contribution in [2.75, 3.05) is 19.6 Å². The highest BCUT2D eigenvalue weighted by atomic mass is 79.9. The van der Waals surface area contributed by atoms with Gasteiger partial charge in [-0.05, 0) is 47.8 Å². The van der Waals surface area contributed by atoms with Gasteiger partial charge in [0.15, 0.2) is 5.01 Å². The zero-order valence-corrected chi connectivity index (χ0v) is 11.8. The molecule has 1 aromatic heterocycles. The first kappa shape index (κ1) is 11.6. The maximum absolute atomic E-state index is 12.0. The van der Waals surface area contributed by atoms with E-state index in [9.17, 15) is 4.79 Å². The second-order valence-corrected chi connectivity index (χ2v) is 7.10. The standard InChI is InChI=1S/C11H14BrN3OS/c12-9-5-13-11(17-9)10(16)14-8-6-15-3-1-7(8)2-4-15/h5,7-8H,1-4,6H2,(H,14,16)/t8-/m0/s1. The third-order valence-corrected chi connectivity index (χ3v) is 5.12. The number of hydrogen-bond donors (Lipinski definition) is 1. The van der Waals surface area contributed by atoms with Crippen LogP contribution in [0.4, 0.5) is 0 Å². The molecule has 0 unspecified atom stereocenters. The van der Waals surface area contributed by atoms with Crippen LogP contribution in [-0.4, -0.2) is 41.5 Å². The fourth-order valence-corrected chi connectivity index (χ4v) is 3.83. The van der Waals surface area contributed by atoms with Gasteiger partial charge in [0.05, 0.1) is 9.98 Å². The first-order valence-electron chi connectivity index (χ1n) is 5.87. The normalized spacial score (nSPS) is 31.5. The maximum atomic E-state index is 12.0. The molecule has 6 heteroatoms. The predicted molar refractivity (Wildman–Crippen MR) is 70.2 cm³/mol. The van der Waals surface area contributed by atoms with Gasteiger partial charge in [0.2, 0.25) is 0 Å². The van der Waals surface area contributed by atoms with Gasteiger partial charge in [-0.3, -0.25) is 4.79 Å². The average molecular weight is 316 g/mol. The molecule has 0 radical (unpaired) electrons. The van der Waals surface area contributed by atoms with E-state index >= 15 is 0 Å². The van der Waals surface area contributed by atoms with Crippen LogP contribution in [0, 0.1) is 5.92 Å². The largest absolute Gasteiger partial charge is 0.346 e. The summed E-state index contributed by atoms with van der Waals surface area (Å²) in [7, 11) is 0. The van der Waals surface area contributed by atoms with Gasteiger partial charge in [-0.2, -0.15) is 0 Å². The van der Waals surface area contributed by atoms with Crippen molar-refractivity contribution in [2.45, 2.75) is 18.9 Å². The quantitative estimate of drug-likeness (QED) is 0.904. The van der Waals surface area contributed by atoms with Crippen LogP contribution in [0.15, 0.2) is 9.98 Å². The predicted octanol–water partition coefficient (Wildman–Crippen LogP) is 1.73. The first-order chi connectivity index (χ1) is 8.22. The second kappa shape index (κ2) is 4.66. The molecule has 1 N–H and O–H groups in total. The van der Waals surface area contributed by atoms with Crippen LogP contribution < -0.4 is 5.32 Å². The van der Waals surface area contributed by atoms with E-state index in [4.69, 9.17) is 0 Å². The van der Waals surface area contributed by atoms with E-state index < -0.39 is 0 Å². The molecule has 1 aromatic rings. The van der Waals surface area contributed by atoms with Gasteiger partial charge in [-0.1, -0.05) is 0 Å².